The maximum atomic E-state index is 13.2. The topological polar surface area (TPSA) is 80.0 Å². The first-order valence-corrected chi connectivity index (χ1v) is 9.57. The molecule has 0 spiro atoms. The van der Waals surface area contributed by atoms with Crippen molar-refractivity contribution in [2.75, 3.05) is 24.5 Å². The summed E-state index contributed by atoms with van der Waals surface area (Å²) in [6.45, 7) is 2.42. The second kappa shape index (κ2) is 7.03. The average molecular weight is 375 g/mol. The number of amides is 1. The molecule has 0 saturated carbocycles. The van der Waals surface area contributed by atoms with Gasteiger partial charge in [0.25, 0.3) is 5.91 Å². The Morgan fingerprint density at radius 2 is 1.93 bits per heavy atom. The van der Waals surface area contributed by atoms with E-state index in [9.17, 15) is 4.79 Å². The van der Waals surface area contributed by atoms with E-state index in [0.717, 1.165) is 44.0 Å². The number of aromatic nitrogens is 5. The van der Waals surface area contributed by atoms with E-state index >= 15 is 0 Å². The van der Waals surface area contributed by atoms with Crippen LogP contribution in [0.2, 0.25) is 0 Å². The Morgan fingerprint density at radius 3 is 2.75 bits per heavy atom. The first-order valence-electron chi connectivity index (χ1n) is 9.57. The molecule has 2 bridgehead atoms. The zero-order valence-corrected chi connectivity index (χ0v) is 15.4. The van der Waals surface area contributed by atoms with Gasteiger partial charge < -0.3 is 9.80 Å². The monoisotopic (exact) mass is 375 g/mol. The standard InChI is InChI=1S/C20H21N7O/c28-20(18-14-27(24-23-18)16-4-2-1-3-5-16)26-12-15-6-7-17(26)13-25(11-15)19-10-21-8-9-22-19/h1-5,8-10,14-15,17H,6-7,11-13H2/t15-,17+/m0/s1. The zero-order chi connectivity index (χ0) is 18.9. The van der Waals surface area contributed by atoms with Crippen LogP contribution in [0.15, 0.2) is 55.1 Å². The molecule has 0 N–H and O–H groups in total. The molecule has 3 fully saturated rings. The van der Waals surface area contributed by atoms with Crippen LogP contribution in [0.1, 0.15) is 23.3 Å². The van der Waals surface area contributed by atoms with Gasteiger partial charge in [0, 0.05) is 38.1 Å². The molecule has 6 rings (SSSR count). The van der Waals surface area contributed by atoms with E-state index in [0.29, 0.717) is 11.6 Å². The number of rotatable bonds is 3. The summed E-state index contributed by atoms with van der Waals surface area (Å²) < 4.78 is 1.65. The second-order valence-corrected chi connectivity index (χ2v) is 7.41. The first kappa shape index (κ1) is 16.9. The van der Waals surface area contributed by atoms with Crippen molar-refractivity contribution in [2.45, 2.75) is 18.9 Å². The number of anilines is 1. The third-order valence-corrected chi connectivity index (χ3v) is 5.58. The van der Waals surface area contributed by atoms with E-state index in [1.807, 2.05) is 35.2 Å². The highest BCUT2D eigenvalue weighted by Crippen LogP contribution is 2.30. The Kier molecular flexibility index (Phi) is 4.23. The van der Waals surface area contributed by atoms with Gasteiger partial charge in [-0.3, -0.25) is 9.78 Å². The van der Waals surface area contributed by atoms with Crippen molar-refractivity contribution < 1.29 is 4.79 Å². The van der Waals surface area contributed by atoms with Crippen molar-refractivity contribution in [1.82, 2.24) is 29.9 Å². The maximum Gasteiger partial charge on any atom is 0.276 e. The molecule has 8 heteroatoms. The predicted molar refractivity (Wildman–Crippen MR) is 103 cm³/mol. The van der Waals surface area contributed by atoms with E-state index < -0.39 is 0 Å². The molecule has 142 valence electrons. The third kappa shape index (κ3) is 3.11. The largest absolute Gasteiger partial charge is 0.353 e. The van der Waals surface area contributed by atoms with Crippen LogP contribution in [0, 0.1) is 5.92 Å². The number of carbonyl (C=O) groups excluding carboxylic acids is 1. The Hall–Kier alpha value is -3.29. The van der Waals surface area contributed by atoms with Crippen molar-refractivity contribution in [3.8, 4) is 5.69 Å². The number of nitrogens with zero attached hydrogens (tertiary/aromatic N) is 7. The average Bonchev–Trinajstić information content (AvgIpc) is 3.07. The lowest BCUT2D eigenvalue weighted by molar-refractivity contribution is 0.0586. The molecule has 2 atom stereocenters. The fourth-order valence-electron chi connectivity index (χ4n) is 4.19. The minimum atomic E-state index is -0.0436. The van der Waals surface area contributed by atoms with E-state index in [1.165, 1.54) is 0 Å². The molecule has 3 saturated heterocycles. The summed E-state index contributed by atoms with van der Waals surface area (Å²) in [5.41, 5.74) is 1.28. The minimum absolute atomic E-state index is 0.0436. The molecular formula is C20H21N7O. The summed E-state index contributed by atoms with van der Waals surface area (Å²) in [4.78, 5) is 26.1. The van der Waals surface area contributed by atoms with Crippen LogP contribution < -0.4 is 4.90 Å². The van der Waals surface area contributed by atoms with Crippen LogP contribution in [0.25, 0.3) is 5.69 Å². The van der Waals surface area contributed by atoms with Crippen LogP contribution >= 0.6 is 0 Å². The molecule has 3 aromatic rings. The lowest BCUT2D eigenvalue weighted by Gasteiger charge is -2.35. The Labute approximate surface area is 162 Å². The molecule has 0 unspecified atom stereocenters. The van der Waals surface area contributed by atoms with E-state index in [-0.39, 0.29) is 11.9 Å². The summed E-state index contributed by atoms with van der Waals surface area (Å²) in [7, 11) is 0. The molecule has 28 heavy (non-hydrogen) atoms. The Bertz CT molecular complexity index is 959. The highest BCUT2D eigenvalue weighted by Gasteiger charge is 2.38. The van der Waals surface area contributed by atoms with Gasteiger partial charge in [0.05, 0.1) is 18.1 Å². The molecule has 3 aliphatic rings. The Balaban J connectivity index is 1.37. The lowest BCUT2D eigenvalue weighted by atomic mass is 9.95. The summed E-state index contributed by atoms with van der Waals surface area (Å²) in [5, 5.41) is 8.29. The highest BCUT2D eigenvalue weighted by atomic mass is 16.2. The summed E-state index contributed by atoms with van der Waals surface area (Å²) >= 11 is 0. The molecule has 1 aromatic carbocycles. The molecule has 8 nitrogen and oxygen atoms in total. The second-order valence-electron chi connectivity index (χ2n) is 7.41. The van der Waals surface area contributed by atoms with Gasteiger partial charge in [-0.25, -0.2) is 9.67 Å². The van der Waals surface area contributed by atoms with Gasteiger partial charge in [0.15, 0.2) is 5.69 Å². The van der Waals surface area contributed by atoms with Gasteiger partial charge in [-0.05, 0) is 30.9 Å². The van der Waals surface area contributed by atoms with Crippen molar-refractivity contribution in [2.24, 2.45) is 5.92 Å². The maximum absolute atomic E-state index is 13.2. The Morgan fingerprint density at radius 1 is 1.04 bits per heavy atom. The molecule has 5 heterocycles. The number of fused-ring (bicyclic) bond motifs is 4. The fourth-order valence-corrected chi connectivity index (χ4v) is 4.19. The third-order valence-electron chi connectivity index (χ3n) is 5.58. The normalized spacial score (nSPS) is 21.6. The number of hydrogen-bond donors (Lipinski definition) is 0. The summed E-state index contributed by atoms with van der Waals surface area (Å²) in [6.07, 6.45) is 9.04. The van der Waals surface area contributed by atoms with Crippen LogP contribution in [-0.4, -0.2) is 61.4 Å². The van der Waals surface area contributed by atoms with Crippen molar-refractivity contribution in [1.29, 1.82) is 0 Å². The zero-order valence-electron chi connectivity index (χ0n) is 15.4. The van der Waals surface area contributed by atoms with E-state index in [1.54, 1.807) is 29.5 Å². The molecule has 1 amide bonds. The van der Waals surface area contributed by atoms with E-state index in [2.05, 4.69) is 25.2 Å². The van der Waals surface area contributed by atoms with Crippen LogP contribution in [0.3, 0.4) is 0 Å². The van der Waals surface area contributed by atoms with Gasteiger partial charge in [-0.2, -0.15) is 0 Å². The molecule has 3 aliphatic heterocycles. The molecule has 2 aromatic heterocycles. The number of benzene rings is 1. The molecular weight excluding hydrogens is 354 g/mol. The van der Waals surface area contributed by atoms with Crippen LogP contribution in [0.4, 0.5) is 5.82 Å². The van der Waals surface area contributed by atoms with Crippen LogP contribution in [-0.2, 0) is 0 Å². The SMILES string of the molecule is O=C(c1cn(-c2ccccc2)nn1)N1C[C@H]2CC[C@@H]1CN(c1cnccn1)C2. The van der Waals surface area contributed by atoms with Crippen molar-refractivity contribution in [3.63, 3.8) is 0 Å². The highest BCUT2D eigenvalue weighted by molar-refractivity contribution is 5.92. The van der Waals surface area contributed by atoms with Crippen molar-refractivity contribution >= 4 is 11.7 Å². The number of piperidine rings is 1. The molecule has 0 radical (unpaired) electrons. The first-order chi connectivity index (χ1) is 13.8. The quantitative estimate of drug-likeness (QED) is 0.694. The van der Waals surface area contributed by atoms with Crippen LogP contribution in [0.5, 0.6) is 0 Å². The fraction of sp³-hybridized carbons (Fsp3) is 0.350. The lowest BCUT2D eigenvalue weighted by Crippen LogP contribution is -2.47. The van der Waals surface area contributed by atoms with E-state index in [4.69, 9.17) is 0 Å². The predicted octanol–water partition coefficient (Wildman–Crippen LogP) is 1.80. The number of para-hydroxylation sites is 1. The van der Waals surface area contributed by atoms with Gasteiger partial charge in [0.2, 0.25) is 0 Å². The van der Waals surface area contributed by atoms with Gasteiger partial charge in [-0.15, -0.1) is 5.10 Å². The smallest absolute Gasteiger partial charge is 0.276 e. The summed E-state index contributed by atoms with van der Waals surface area (Å²) in [6, 6.07) is 9.85. The van der Waals surface area contributed by atoms with Crippen molar-refractivity contribution in [3.05, 3.63) is 60.8 Å². The van der Waals surface area contributed by atoms with Gasteiger partial charge in [-0.1, -0.05) is 23.4 Å². The molecule has 0 aliphatic carbocycles. The van der Waals surface area contributed by atoms with Gasteiger partial charge >= 0.3 is 0 Å². The summed E-state index contributed by atoms with van der Waals surface area (Å²) in [5.74, 6) is 1.26. The number of carbonyl (C=O) groups is 1. The van der Waals surface area contributed by atoms with Gasteiger partial charge in [0.1, 0.15) is 5.82 Å². The number of hydrogen-bond acceptors (Lipinski definition) is 6. The minimum Gasteiger partial charge on any atom is -0.353 e.